The van der Waals surface area contributed by atoms with E-state index in [-0.39, 0.29) is 32.3 Å². The maximum absolute atomic E-state index is 12.7. The first-order valence-corrected chi connectivity index (χ1v) is 11.4. The van der Waals surface area contributed by atoms with E-state index in [9.17, 15) is 22.8 Å². The fourth-order valence-corrected chi connectivity index (χ4v) is 4.74. The summed E-state index contributed by atoms with van der Waals surface area (Å²) in [4.78, 5) is 36.5. The van der Waals surface area contributed by atoms with E-state index >= 15 is 0 Å². The molecule has 2 N–H and O–H groups in total. The Balaban J connectivity index is 1.81. The second-order valence-electron chi connectivity index (χ2n) is 6.31. The Morgan fingerprint density at radius 2 is 1.53 bits per heavy atom. The number of benzene rings is 2. The van der Waals surface area contributed by atoms with Gasteiger partial charge in [0.15, 0.2) is 0 Å². The van der Waals surface area contributed by atoms with Gasteiger partial charge in [0.25, 0.3) is 15.9 Å². The summed E-state index contributed by atoms with van der Waals surface area (Å²) in [6.07, 6.45) is 0. The van der Waals surface area contributed by atoms with Crippen LogP contribution in [0.4, 0.5) is 11.4 Å². The first kappa shape index (κ1) is 23.0. The van der Waals surface area contributed by atoms with Crippen molar-refractivity contribution in [2.75, 3.05) is 24.3 Å². The van der Waals surface area contributed by atoms with Gasteiger partial charge in [0.1, 0.15) is 4.21 Å². The number of hydrogen-bond acceptors (Lipinski definition) is 8. The largest absolute Gasteiger partial charge is 0.465 e. The molecule has 0 fully saturated rings. The van der Waals surface area contributed by atoms with Crippen molar-refractivity contribution in [3.8, 4) is 0 Å². The van der Waals surface area contributed by atoms with Crippen LogP contribution in [0, 0.1) is 0 Å². The molecule has 0 unspecified atom stereocenters. The average Bonchev–Trinajstić information content (AvgIpc) is 3.34. The molecular weight excluding hydrogens is 456 g/mol. The van der Waals surface area contributed by atoms with Gasteiger partial charge in [-0.15, -0.1) is 11.3 Å². The summed E-state index contributed by atoms with van der Waals surface area (Å²) < 4.78 is 36.6. The Labute approximate surface area is 188 Å². The van der Waals surface area contributed by atoms with Crippen molar-refractivity contribution in [2.45, 2.75) is 4.21 Å². The molecule has 0 atom stereocenters. The molecule has 0 saturated heterocycles. The molecule has 0 aliphatic carbocycles. The molecule has 0 bridgehead atoms. The standard InChI is InChI=1S/C21H18N2O7S2/c1-29-20(25)14-7-10-16(21(26)30-2)17(12-14)22-19(24)13-5-8-15(9-6-13)23-32(27,28)18-4-3-11-31-18/h3-12,23H,1-2H3,(H,22,24). The second-order valence-corrected chi connectivity index (χ2v) is 9.17. The van der Waals surface area contributed by atoms with Crippen molar-refractivity contribution in [2.24, 2.45) is 0 Å². The summed E-state index contributed by atoms with van der Waals surface area (Å²) in [5.41, 5.74) is 0.719. The minimum atomic E-state index is -3.71. The van der Waals surface area contributed by atoms with Gasteiger partial charge in [-0.1, -0.05) is 6.07 Å². The molecule has 1 heterocycles. The predicted octanol–water partition coefficient (Wildman–Crippen LogP) is 3.37. The minimum absolute atomic E-state index is 0.0498. The first-order chi connectivity index (χ1) is 15.2. The van der Waals surface area contributed by atoms with Crippen LogP contribution in [0.25, 0.3) is 0 Å². The summed E-state index contributed by atoms with van der Waals surface area (Å²) >= 11 is 1.08. The summed E-state index contributed by atoms with van der Waals surface area (Å²) in [5.74, 6) is -1.92. The number of hydrogen-bond donors (Lipinski definition) is 2. The third-order valence-corrected chi connectivity index (χ3v) is 7.03. The van der Waals surface area contributed by atoms with E-state index in [2.05, 4.69) is 14.8 Å². The highest BCUT2D eigenvalue weighted by Crippen LogP contribution is 2.23. The molecule has 3 aromatic rings. The van der Waals surface area contributed by atoms with Crippen molar-refractivity contribution in [3.05, 3.63) is 76.7 Å². The maximum Gasteiger partial charge on any atom is 0.339 e. The van der Waals surface area contributed by atoms with Crippen molar-refractivity contribution >= 4 is 50.6 Å². The van der Waals surface area contributed by atoms with E-state index < -0.39 is 27.9 Å². The first-order valence-electron chi connectivity index (χ1n) is 9.03. The lowest BCUT2D eigenvalue weighted by atomic mass is 10.1. The van der Waals surface area contributed by atoms with Crippen LogP contribution in [0.3, 0.4) is 0 Å². The molecule has 3 rings (SSSR count). The number of anilines is 2. The molecule has 166 valence electrons. The molecule has 0 saturated carbocycles. The van der Waals surface area contributed by atoms with Crippen LogP contribution in [0.15, 0.2) is 64.2 Å². The minimum Gasteiger partial charge on any atom is -0.465 e. The topological polar surface area (TPSA) is 128 Å². The predicted molar refractivity (Wildman–Crippen MR) is 119 cm³/mol. The molecule has 11 heteroatoms. The van der Waals surface area contributed by atoms with E-state index in [0.717, 1.165) is 11.3 Å². The lowest BCUT2D eigenvalue weighted by Crippen LogP contribution is -2.17. The molecule has 0 radical (unpaired) electrons. The molecule has 1 amide bonds. The zero-order chi connectivity index (χ0) is 23.3. The van der Waals surface area contributed by atoms with Gasteiger partial charge in [-0.3, -0.25) is 9.52 Å². The average molecular weight is 475 g/mol. The number of esters is 2. The van der Waals surface area contributed by atoms with Crippen LogP contribution in [0.5, 0.6) is 0 Å². The van der Waals surface area contributed by atoms with Crippen LogP contribution in [-0.4, -0.2) is 40.5 Å². The normalized spacial score (nSPS) is 10.8. The molecule has 0 aliphatic rings. The second kappa shape index (κ2) is 9.62. The number of thiophene rings is 1. The van der Waals surface area contributed by atoms with Crippen molar-refractivity contribution in [3.63, 3.8) is 0 Å². The van der Waals surface area contributed by atoms with Gasteiger partial charge in [-0.05, 0) is 53.9 Å². The third kappa shape index (κ3) is 5.13. The quantitative estimate of drug-likeness (QED) is 0.503. The fraction of sp³-hybridized carbons (Fsp3) is 0.0952. The Morgan fingerprint density at radius 3 is 2.12 bits per heavy atom. The van der Waals surface area contributed by atoms with Gasteiger partial charge >= 0.3 is 11.9 Å². The summed E-state index contributed by atoms with van der Waals surface area (Å²) in [6, 6.07) is 12.9. The monoisotopic (exact) mass is 474 g/mol. The number of carbonyl (C=O) groups excluding carboxylic acids is 3. The van der Waals surface area contributed by atoms with E-state index in [1.165, 1.54) is 62.8 Å². The molecule has 1 aromatic heterocycles. The fourth-order valence-electron chi connectivity index (χ4n) is 2.69. The number of amides is 1. The van der Waals surface area contributed by atoms with E-state index in [1.807, 2.05) is 0 Å². The lowest BCUT2D eigenvalue weighted by molar-refractivity contribution is 0.0587. The molecular formula is C21H18N2O7S2. The highest BCUT2D eigenvalue weighted by atomic mass is 32.2. The van der Waals surface area contributed by atoms with Gasteiger partial charge in [0.2, 0.25) is 0 Å². The molecule has 0 aliphatic heterocycles. The lowest BCUT2D eigenvalue weighted by Gasteiger charge is -2.12. The number of rotatable bonds is 7. The van der Waals surface area contributed by atoms with Crippen LogP contribution in [0.2, 0.25) is 0 Å². The van der Waals surface area contributed by atoms with E-state index in [4.69, 9.17) is 4.74 Å². The van der Waals surface area contributed by atoms with Crippen LogP contribution in [0.1, 0.15) is 31.1 Å². The molecule has 2 aromatic carbocycles. The molecule has 9 nitrogen and oxygen atoms in total. The van der Waals surface area contributed by atoms with Gasteiger partial charge in [-0.2, -0.15) is 0 Å². The molecule has 32 heavy (non-hydrogen) atoms. The number of ether oxygens (including phenoxy) is 2. The zero-order valence-corrected chi connectivity index (χ0v) is 18.6. The van der Waals surface area contributed by atoms with Crippen LogP contribution >= 0.6 is 11.3 Å². The van der Waals surface area contributed by atoms with E-state index in [1.54, 1.807) is 11.4 Å². The maximum atomic E-state index is 12.7. The van der Waals surface area contributed by atoms with Crippen LogP contribution < -0.4 is 10.0 Å². The van der Waals surface area contributed by atoms with Crippen molar-refractivity contribution in [1.29, 1.82) is 0 Å². The summed E-state index contributed by atoms with van der Waals surface area (Å²) in [5, 5.41) is 4.22. The zero-order valence-electron chi connectivity index (χ0n) is 16.9. The van der Waals surface area contributed by atoms with Gasteiger partial charge in [-0.25, -0.2) is 18.0 Å². The van der Waals surface area contributed by atoms with Gasteiger partial charge in [0, 0.05) is 11.3 Å². The van der Waals surface area contributed by atoms with Crippen LogP contribution in [-0.2, 0) is 19.5 Å². The molecule has 0 spiro atoms. The summed E-state index contributed by atoms with van der Waals surface area (Å²) in [6.45, 7) is 0. The number of sulfonamides is 1. The van der Waals surface area contributed by atoms with Gasteiger partial charge < -0.3 is 14.8 Å². The number of methoxy groups -OCH3 is 2. The highest BCUT2D eigenvalue weighted by Gasteiger charge is 2.19. The number of nitrogens with one attached hydrogen (secondary N) is 2. The summed E-state index contributed by atoms with van der Waals surface area (Å²) in [7, 11) is -1.31. The SMILES string of the molecule is COC(=O)c1ccc(C(=O)OC)c(NC(=O)c2ccc(NS(=O)(=O)c3cccs3)cc2)c1. The van der Waals surface area contributed by atoms with E-state index in [0.29, 0.717) is 0 Å². The van der Waals surface area contributed by atoms with Crippen molar-refractivity contribution in [1.82, 2.24) is 0 Å². The Bertz CT molecular complexity index is 1250. The smallest absolute Gasteiger partial charge is 0.339 e. The highest BCUT2D eigenvalue weighted by molar-refractivity contribution is 7.94. The Hall–Kier alpha value is -3.70. The number of carbonyl (C=O) groups is 3. The third-order valence-electron chi connectivity index (χ3n) is 4.25. The van der Waals surface area contributed by atoms with Gasteiger partial charge in [0.05, 0.1) is 31.0 Å². The Kier molecular flexibility index (Phi) is 6.91. The van der Waals surface area contributed by atoms with Crippen molar-refractivity contribution < 1.29 is 32.3 Å². The Morgan fingerprint density at radius 1 is 0.875 bits per heavy atom.